The molecule has 0 saturated heterocycles. The van der Waals surface area contributed by atoms with Crippen LogP contribution in [0.2, 0.25) is 0 Å². The van der Waals surface area contributed by atoms with Crippen molar-refractivity contribution in [3.8, 4) is 0 Å². The van der Waals surface area contributed by atoms with Gasteiger partial charge in [-0.1, -0.05) is 47.5 Å². The quantitative estimate of drug-likeness (QED) is 0.532. The lowest BCUT2D eigenvalue weighted by Crippen LogP contribution is -2.50. The molecule has 2 aliphatic carbocycles. The van der Waals surface area contributed by atoms with Gasteiger partial charge in [0.15, 0.2) is 0 Å². The highest BCUT2D eigenvalue weighted by Crippen LogP contribution is 2.60. The van der Waals surface area contributed by atoms with E-state index >= 15 is 0 Å². The van der Waals surface area contributed by atoms with Gasteiger partial charge >= 0.3 is 0 Å². The van der Waals surface area contributed by atoms with Crippen molar-refractivity contribution in [1.82, 2.24) is 0 Å². The molecule has 0 aromatic heterocycles. The summed E-state index contributed by atoms with van der Waals surface area (Å²) in [7, 11) is 0. The molecule has 2 aliphatic rings. The van der Waals surface area contributed by atoms with E-state index in [4.69, 9.17) is 0 Å². The third kappa shape index (κ3) is 1.65. The molecule has 0 aromatic rings. The van der Waals surface area contributed by atoms with Crippen molar-refractivity contribution in [2.45, 2.75) is 66.7 Å². The fourth-order valence-corrected chi connectivity index (χ4v) is 4.76. The first-order chi connectivity index (χ1) is 6.88. The van der Waals surface area contributed by atoms with Gasteiger partial charge in [0.1, 0.15) is 0 Å². The Bertz CT molecular complexity index is 240. The van der Waals surface area contributed by atoms with Crippen LogP contribution in [0.15, 0.2) is 0 Å². The molecule has 0 nitrogen and oxygen atoms in total. The number of hydrogen-bond acceptors (Lipinski definition) is 0. The molecule has 0 aromatic carbocycles. The first kappa shape index (κ1) is 11.5. The summed E-state index contributed by atoms with van der Waals surface area (Å²) in [5.41, 5.74) is 1.24. The van der Waals surface area contributed by atoms with Crippen LogP contribution in [0.3, 0.4) is 0 Å². The van der Waals surface area contributed by atoms with E-state index in [9.17, 15) is 0 Å². The molecule has 2 saturated carbocycles. The van der Waals surface area contributed by atoms with Crippen LogP contribution in [0.25, 0.3) is 0 Å². The van der Waals surface area contributed by atoms with Gasteiger partial charge in [0, 0.05) is 0 Å². The normalized spacial score (nSPS) is 49.8. The third-order valence-electron chi connectivity index (χ3n) is 6.08. The molecule has 0 aliphatic heterocycles. The van der Waals surface area contributed by atoms with Crippen molar-refractivity contribution in [2.75, 3.05) is 0 Å². The second-order valence-electron chi connectivity index (χ2n) is 7.24. The maximum atomic E-state index is 2.58. The molecule has 0 spiro atoms. The smallest absolute Gasteiger partial charge is 0.0264 e. The Balaban J connectivity index is 2.29. The topological polar surface area (TPSA) is 0 Å². The Morgan fingerprint density at radius 3 is 2.27 bits per heavy atom. The second-order valence-corrected chi connectivity index (χ2v) is 7.24. The Kier molecular flexibility index (Phi) is 2.68. The molecule has 88 valence electrons. The minimum absolute atomic E-state index is 0.599. The molecule has 0 N–H and O–H groups in total. The summed E-state index contributed by atoms with van der Waals surface area (Å²) < 4.78 is 0. The highest BCUT2D eigenvalue weighted by atomic mass is 14.6. The second kappa shape index (κ2) is 3.50. The summed E-state index contributed by atoms with van der Waals surface area (Å²) in [6.07, 6.45) is 7.33. The van der Waals surface area contributed by atoms with E-state index in [0.717, 1.165) is 17.8 Å². The Labute approximate surface area is 95.8 Å². The lowest BCUT2D eigenvalue weighted by molar-refractivity contribution is -0.0868. The van der Waals surface area contributed by atoms with Gasteiger partial charge in [-0.3, -0.25) is 0 Å². The molecular weight excluding hydrogens is 180 g/mol. The SMILES string of the molecule is CC1CC[C@H]2C(C)(C)CCC[C@]2(C)C1C. The Hall–Kier alpha value is 0. The van der Waals surface area contributed by atoms with Crippen LogP contribution in [-0.2, 0) is 0 Å². The van der Waals surface area contributed by atoms with Gasteiger partial charge in [-0.15, -0.1) is 0 Å². The average molecular weight is 208 g/mol. The Morgan fingerprint density at radius 2 is 1.60 bits per heavy atom. The van der Waals surface area contributed by atoms with Gasteiger partial charge in [-0.25, -0.2) is 0 Å². The average Bonchev–Trinajstić information content (AvgIpc) is 2.12. The largest absolute Gasteiger partial charge is 0.0622 e. The first-order valence-electron chi connectivity index (χ1n) is 6.88. The summed E-state index contributed by atoms with van der Waals surface area (Å²) in [6.45, 7) is 12.6. The molecule has 2 rings (SSSR count). The fourth-order valence-electron chi connectivity index (χ4n) is 4.76. The predicted molar refractivity (Wildman–Crippen MR) is 66.8 cm³/mol. The van der Waals surface area contributed by atoms with Crippen molar-refractivity contribution >= 4 is 0 Å². The highest BCUT2D eigenvalue weighted by molar-refractivity contribution is 5.01. The summed E-state index contributed by atoms with van der Waals surface area (Å²) in [5.74, 6) is 2.85. The lowest BCUT2D eigenvalue weighted by atomic mass is 9.47. The molecule has 2 fully saturated rings. The molecule has 0 amide bonds. The van der Waals surface area contributed by atoms with Crippen LogP contribution in [-0.4, -0.2) is 0 Å². The van der Waals surface area contributed by atoms with E-state index < -0.39 is 0 Å². The first-order valence-corrected chi connectivity index (χ1v) is 6.88. The van der Waals surface area contributed by atoms with E-state index in [2.05, 4.69) is 34.6 Å². The molecule has 4 atom stereocenters. The summed E-state index contributed by atoms with van der Waals surface area (Å²) in [4.78, 5) is 0. The zero-order valence-corrected chi connectivity index (χ0v) is 11.3. The fraction of sp³-hybridized carbons (Fsp3) is 1.00. The summed E-state index contributed by atoms with van der Waals surface area (Å²) >= 11 is 0. The van der Waals surface area contributed by atoms with Crippen LogP contribution in [0.5, 0.6) is 0 Å². The van der Waals surface area contributed by atoms with Crippen molar-refractivity contribution < 1.29 is 0 Å². The molecule has 2 unspecified atom stereocenters. The van der Waals surface area contributed by atoms with E-state index in [-0.39, 0.29) is 0 Å². The van der Waals surface area contributed by atoms with Crippen molar-refractivity contribution in [2.24, 2.45) is 28.6 Å². The van der Waals surface area contributed by atoms with Gasteiger partial charge in [-0.2, -0.15) is 0 Å². The molecular formula is C15H28. The molecule has 0 radical (unpaired) electrons. The van der Waals surface area contributed by atoms with E-state index in [0.29, 0.717) is 10.8 Å². The van der Waals surface area contributed by atoms with Crippen molar-refractivity contribution in [1.29, 1.82) is 0 Å². The van der Waals surface area contributed by atoms with Crippen LogP contribution in [0.1, 0.15) is 66.7 Å². The van der Waals surface area contributed by atoms with E-state index in [1.165, 1.54) is 32.1 Å². The lowest BCUT2D eigenvalue weighted by Gasteiger charge is -2.58. The number of rotatable bonds is 0. The molecule has 0 bridgehead atoms. The van der Waals surface area contributed by atoms with Crippen LogP contribution >= 0.6 is 0 Å². The van der Waals surface area contributed by atoms with Crippen LogP contribution in [0, 0.1) is 28.6 Å². The number of hydrogen-bond donors (Lipinski definition) is 0. The maximum absolute atomic E-state index is 2.58. The summed E-state index contributed by atoms with van der Waals surface area (Å²) in [5, 5.41) is 0. The standard InChI is InChI=1S/C15H28/c1-11-7-8-13-14(3,4)9-6-10-15(13,5)12(11)2/h11-13H,6-10H2,1-5H3/t11?,12?,13-,15+/m0/s1. The zero-order valence-electron chi connectivity index (χ0n) is 11.3. The third-order valence-corrected chi connectivity index (χ3v) is 6.08. The van der Waals surface area contributed by atoms with Crippen LogP contribution in [0.4, 0.5) is 0 Å². The van der Waals surface area contributed by atoms with E-state index in [1.54, 1.807) is 0 Å². The minimum Gasteiger partial charge on any atom is -0.0622 e. The van der Waals surface area contributed by atoms with E-state index in [1.807, 2.05) is 0 Å². The summed E-state index contributed by atoms with van der Waals surface area (Å²) in [6, 6.07) is 0. The highest BCUT2D eigenvalue weighted by Gasteiger charge is 2.51. The minimum atomic E-state index is 0.599. The van der Waals surface area contributed by atoms with Gasteiger partial charge in [0.05, 0.1) is 0 Å². The van der Waals surface area contributed by atoms with Crippen LogP contribution < -0.4 is 0 Å². The molecule has 15 heavy (non-hydrogen) atoms. The Morgan fingerprint density at radius 1 is 0.933 bits per heavy atom. The maximum Gasteiger partial charge on any atom is -0.0264 e. The van der Waals surface area contributed by atoms with Gasteiger partial charge in [-0.05, 0) is 47.8 Å². The van der Waals surface area contributed by atoms with Gasteiger partial charge in [0.25, 0.3) is 0 Å². The predicted octanol–water partition coefficient (Wildman–Crippen LogP) is 4.89. The van der Waals surface area contributed by atoms with Gasteiger partial charge in [0.2, 0.25) is 0 Å². The van der Waals surface area contributed by atoms with Gasteiger partial charge < -0.3 is 0 Å². The monoisotopic (exact) mass is 208 g/mol. The molecule has 0 heterocycles. The van der Waals surface area contributed by atoms with Crippen molar-refractivity contribution in [3.05, 3.63) is 0 Å². The molecule has 0 heteroatoms. The zero-order chi connectivity index (χ0) is 11.3. The number of fused-ring (bicyclic) bond motifs is 1. The van der Waals surface area contributed by atoms with Crippen molar-refractivity contribution in [3.63, 3.8) is 0 Å².